The fraction of sp³-hybridized carbons (Fsp3) is 0.588. The molecule has 0 radical (unpaired) electrons. The number of amides is 1. The number of rotatable bonds is 3. The molecule has 1 fully saturated rings. The molecular weight excluding hydrogens is 248 g/mol. The molecule has 1 aromatic carbocycles. The molecule has 108 valence electrons. The average Bonchev–Trinajstić information content (AvgIpc) is 3.00. The number of carbonyl (C=O) groups is 1. The molecule has 2 aliphatic rings. The molecule has 0 spiro atoms. The molecule has 3 nitrogen and oxygen atoms in total. The van der Waals surface area contributed by atoms with Crippen molar-refractivity contribution >= 4 is 5.91 Å². The lowest BCUT2D eigenvalue weighted by atomic mass is 9.71. The molecule has 0 saturated carbocycles. The number of hydrogen-bond donors (Lipinski definition) is 2. The second-order valence-corrected chi connectivity index (χ2v) is 6.44. The molecule has 1 aliphatic heterocycles. The van der Waals surface area contributed by atoms with Crippen LogP contribution in [0.3, 0.4) is 0 Å². The van der Waals surface area contributed by atoms with Gasteiger partial charge in [0, 0.05) is 12.0 Å². The van der Waals surface area contributed by atoms with Crippen molar-refractivity contribution in [1.29, 1.82) is 0 Å². The topological polar surface area (TPSA) is 41.1 Å². The molecular formula is C17H24N2O. The largest absolute Gasteiger partial charge is 0.354 e. The Morgan fingerprint density at radius 3 is 3.05 bits per heavy atom. The molecule has 0 bridgehead atoms. The van der Waals surface area contributed by atoms with E-state index in [1.165, 1.54) is 24.0 Å². The zero-order valence-electron chi connectivity index (χ0n) is 12.2. The SMILES string of the molecule is CC1(CNC(=O)C2CCCN2)CCCc2ccccc21. The van der Waals surface area contributed by atoms with Crippen molar-refractivity contribution in [2.75, 3.05) is 13.1 Å². The quantitative estimate of drug-likeness (QED) is 0.885. The maximum absolute atomic E-state index is 12.2. The summed E-state index contributed by atoms with van der Waals surface area (Å²) in [6.45, 7) is 4.01. The van der Waals surface area contributed by atoms with Gasteiger partial charge >= 0.3 is 0 Å². The summed E-state index contributed by atoms with van der Waals surface area (Å²) in [4.78, 5) is 12.2. The van der Waals surface area contributed by atoms with Gasteiger partial charge in [0.15, 0.2) is 0 Å². The van der Waals surface area contributed by atoms with E-state index in [1.54, 1.807) is 0 Å². The molecule has 1 saturated heterocycles. The first kappa shape index (κ1) is 13.6. The van der Waals surface area contributed by atoms with E-state index in [4.69, 9.17) is 0 Å². The van der Waals surface area contributed by atoms with E-state index >= 15 is 0 Å². The van der Waals surface area contributed by atoms with Crippen molar-refractivity contribution in [1.82, 2.24) is 10.6 Å². The van der Waals surface area contributed by atoms with Gasteiger partial charge in [-0.3, -0.25) is 4.79 Å². The van der Waals surface area contributed by atoms with E-state index in [-0.39, 0.29) is 17.4 Å². The van der Waals surface area contributed by atoms with Gasteiger partial charge in [-0.2, -0.15) is 0 Å². The molecule has 2 N–H and O–H groups in total. The highest BCUT2D eigenvalue weighted by molar-refractivity contribution is 5.82. The van der Waals surface area contributed by atoms with Crippen molar-refractivity contribution in [2.45, 2.75) is 50.5 Å². The van der Waals surface area contributed by atoms with E-state index in [1.807, 2.05) is 0 Å². The van der Waals surface area contributed by atoms with Gasteiger partial charge in [0.2, 0.25) is 5.91 Å². The lowest BCUT2D eigenvalue weighted by Crippen LogP contribution is -2.46. The van der Waals surface area contributed by atoms with Crippen LogP contribution in [0, 0.1) is 0 Å². The maximum Gasteiger partial charge on any atom is 0.237 e. The number of aryl methyl sites for hydroxylation is 1. The van der Waals surface area contributed by atoms with Crippen LogP contribution in [0.1, 0.15) is 43.7 Å². The first-order valence-electron chi connectivity index (χ1n) is 7.78. The number of nitrogens with one attached hydrogen (secondary N) is 2. The summed E-state index contributed by atoms with van der Waals surface area (Å²) in [7, 11) is 0. The maximum atomic E-state index is 12.2. The zero-order chi connectivity index (χ0) is 14.0. The van der Waals surface area contributed by atoms with E-state index in [2.05, 4.69) is 41.8 Å². The fourth-order valence-corrected chi connectivity index (χ4v) is 3.63. The van der Waals surface area contributed by atoms with Crippen LogP contribution in [0.15, 0.2) is 24.3 Å². The molecule has 20 heavy (non-hydrogen) atoms. The Labute approximate surface area is 121 Å². The number of fused-ring (bicyclic) bond motifs is 1. The van der Waals surface area contributed by atoms with Crippen molar-refractivity contribution < 1.29 is 4.79 Å². The zero-order valence-corrected chi connectivity index (χ0v) is 12.2. The number of carbonyl (C=O) groups excluding carboxylic acids is 1. The van der Waals surface area contributed by atoms with Gasteiger partial charge in [-0.05, 0) is 49.8 Å². The molecule has 0 aromatic heterocycles. The number of benzene rings is 1. The van der Waals surface area contributed by atoms with Crippen molar-refractivity contribution in [2.24, 2.45) is 0 Å². The van der Waals surface area contributed by atoms with Crippen molar-refractivity contribution in [3.05, 3.63) is 35.4 Å². The molecule has 1 heterocycles. The smallest absolute Gasteiger partial charge is 0.237 e. The van der Waals surface area contributed by atoms with Crippen molar-refractivity contribution in [3.63, 3.8) is 0 Å². The first-order valence-corrected chi connectivity index (χ1v) is 7.78. The van der Waals surface area contributed by atoms with Crippen molar-refractivity contribution in [3.8, 4) is 0 Å². The summed E-state index contributed by atoms with van der Waals surface area (Å²) in [5.41, 5.74) is 2.96. The molecule has 1 aliphatic carbocycles. The van der Waals surface area contributed by atoms with Crippen LogP contribution in [0.5, 0.6) is 0 Å². The van der Waals surface area contributed by atoms with Gasteiger partial charge in [-0.15, -0.1) is 0 Å². The molecule has 1 amide bonds. The first-order chi connectivity index (χ1) is 9.69. The standard InChI is InChI=1S/C17H24N2O/c1-17(12-19-16(20)15-9-5-11-18-15)10-4-7-13-6-2-3-8-14(13)17/h2-3,6,8,15,18H,4-5,7,9-12H2,1H3,(H,19,20). The highest BCUT2D eigenvalue weighted by Gasteiger charge is 2.33. The van der Waals surface area contributed by atoms with E-state index in [9.17, 15) is 4.79 Å². The Morgan fingerprint density at radius 1 is 1.40 bits per heavy atom. The summed E-state index contributed by atoms with van der Waals surface area (Å²) < 4.78 is 0. The van der Waals surface area contributed by atoms with Crippen LogP contribution >= 0.6 is 0 Å². The third-order valence-corrected chi connectivity index (χ3v) is 4.87. The minimum absolute atomic E-state index is 0.0254. The Morgan fingerprint density at radius 2 is 2.25 bits per heavy atom. The Kier molecular flexibility index (Phi) is 3.79. The summed E-state index contributed by atoms with van der Waals surface area (Å²) in [6.07, 6.45) is 5.62. The summed E-state index contributed by atoms with van der Waals surface area (Å²) in [5, 5.41) is 6.44. The Balaban J connectivity index is 1.69. The third kappa shape index (κ3) is 2.59. The van der Waals surface area contributed by atoms with Gasteiger partial charge in [0.1, 0.15) is 0 Å². The van der Waals surface area contributed by atoms with Crippen LogP contribution in [0.2, 0.25) is 0 Å². The Hall–Kier alpha value is -1.35. The van der Waals surface area contributed by atoms with Crippen LogP contribution in [-0.4, -0.2) is 25.0 Å². The third-order valence-electron chi connectivity index (χ3n) is 4.87. The van der Waals surface area contributed by atoms with Crippen LogP contribution in [0.25, 0.3) is 0 Å². The van der Waals surface area contributed by atoms with Gasteiger partial charge < -0.3 is 10.6 Å². The lowest BCUT2D eigenvalue weighted by molar-refractivity contribution is -0.123. The van der Waals surface area contributed by atoms with E-state index in [0.29, 0.717) is 0 Å². The second kappa shape index (κ2) is 5.57. The number of hydrogen-bond acceptors (Lipinski definition) is 2. The molecule has 3 rings (SSSR count). The fourth-order valence-electron chi connectivity index (χ4n) is 3.63. The van der Waals surface area contributed by atoms with E-state index < -0.39 is 0 Å². The molecule has 1 aromatic rings. The van der Waals surface area contributed by atoms with Gasteiger partial charge in [-0.25, -0.2) is 0 Å². The summed E-state index contributed by atoms with van der Waals surface area (Å²) >= 11 is 0. The molecule has 2 unspecified atom stereocenters. The van der Waals surface area contributed by atoms with Gasteiger partial charge in [-0.1, -0.05) is 31.2 Å². The predicted octanol–water partition coefficient (Wildman–Crippen LogP) is 2.15. The lowest BCUT2D eigenvalue weighted by Gasteiger charge is -2.36. The monoisotopic (exact) mass is 272 g/mol. The normalized spacial score (nSPS) is 28.9. The highest BCUT2D eigenvalue weighted by Crippen LogP contribution is 2.36. The average molecular weight is 272 g/mol. The minimum Gasteiger partial charge on any atom is -0.354 e. The highest BCUT2D eigenvalue weighted by atomic mass is 16.2. The van der Waals surface area contributed by atoms with E-state index in [0.717, 1.165) is 32.4 Å². The Bertz CT molecular complexity index is 494. The minimum atomic E-state index is 0.0254. The molecule has 3 heteroatoms. The van der Waals surface area contributed by atoms with Crippen LogP contribution in [-0.2, 0) is 16.6 Å². The molecule has 2 atom stereocenters. The van der Waals surface area contributed by atoms with Gasteiger partial charge in [0.05, 0.1) is 6.04 Å². The van der Waals surface area contributed by atoms with Crippen LogP contribution < -0.4 is 10.6 Å². The van der Waals surface area contributed by atoms with Gasteiger partial charge in [0.25, 0.3) is 0 Å². The predicted molar refractivity (Wildman–Crippen MR) is 80.8 cm³/mol. The van der Waals surface area contributed by atoms with Crippen LogP contribution in [0.4, 0.5) is 0 Å². The summed E-state index contributed by atoms with van der Waals surface area (Å²) in [6, 6.07) is 8.72. The second-order valence-electron chi connectivity index (χ2n) is 6.44. The summed E-state index contributed by atoms with van der Waals surface area (Å²) in [5.74, 6) is 0.173.